The minimum Gasteiger partial charge on any atom is -0.370 e. The summed E-state index contributed by atoms with van der Waals surface area (Å²) in [7, 11) is 0. The molecule has 0 aliphatic carbocycles. The van der Waals surface area contributed by atoms with E-state index in [4.69, 9.17) is 0 Å². The van der Waals surface area contributed by atoms with E-state index in [1.165, 1.54) is 12.8 Å². The lowest BCUT2D eigenvalue weighted by molar-refractivity contribution is 0.262. The van der Waals surface area contributed by atoms with Gasteiger partial charge in [-0.15, -0.1) is 5.10 Å². The summed E-state index contributed by atoms with van der Waals surface area (Å²) in [5, 5.41) is 17.3. The molecule has 0 radical (unpaired) electrons. The van der Waals surface area contributed by atoms with Crippen LogP contribution in [0.2, 0.25) is 0 Å². The minimum atomic E-state index is -0.270. The Balaban J connectivity index is 1.36. The van der Waals surface area contributed by atoms with Crippen molar-refractivity contribution in [2.75, 3.05) is 33.9 Å². The van der Waals surface area contributed by atoms with E-state index in [9.17, 15) is 4.79 Å². The third kappa shape index (κ3) is 4.68. The number of hydrogen-bond acceptors (Lipinski definition) is 5. The van der Waals surface area contributed by atoms with Gasteiger partial charge in [-0.25, -0.2) is 4.79 Å². The summed E-state index contributed by atoms with van der Waals surface area (Å²) in [6.07, 6.45) is 4.24. The molecule has 1 aliphatic heterocycles. The second kappa shape index (κ2) is 8.82. The van der Waals surface area contributed by atoms with Crippen LogP contribution in [0.5, 0.6) is 0 Å². The van der Waals surface area contributed by atoms with E-state index in [-0.39, 0.29) is 6.03 Å². The summed E-state index contributed by atoms with van der Waals surface area (Å²) in [6, 6.07) is 15.1. The maximum Gasteiger partial charge on any atom is 0.323 e. The zero-order valence-electron chi connectivity index (χ0n) is 17.3. The maximum absolute atomic E-state index is 12.3. The van der Waals surface area contributed by atoms with E-state index in [2.05, 4.69) is 31.0 Å². The molecule has 0 unspecified atom stereocenters. The number of nitrogens with one attached hydrogen (secondary N) is 3. The third-order valence-electron chi connectivity index (χ3n) is 5.38. The van der Waals surface area contributed by atoms with E-state index >= 15 is 0 Å². The van der Waals surface area contributed by atoms with Gasteiger partial charge in [-0.3, -0.25) is 0 Å². The Hall–Kier alpha value is -3.61. The molecule has 2 heterocycles. The molecular formula is C23H26N6O. The first-order valence-electron chi connectivity index (χ1n) is 10.2. The van der Waals surface area contributed by atoms with Crippen molar-refractivity contribution in [1.82, 2.24) is 10.2 Å². The van der Waals surface area contributed by atoms with Gasteiger partial charge in [0.1, 0.15) is 0 Å². The van der Waals surface area contributed by atoms with Gasteiger partial charge in [0, 0.05) is 36.2 Å². The molecule has 3 aromatic rings. The molecule has 1 saturated heterocycles. The van der Waals surface area contributed by atoms with E-state index in [0.717, 1.165) is 41.3 Å². The number of amides is 2. The van der Waals surface area contributed by atoms with Crippen molar-refractivity contribution in [2.24, 2.45) is 0 Å². The Labute approximate surface area is 176 Å². The highest BCUT2D eigenvalue weighted by atomic mass is 16.2. The molecule has 4 rings (SSSR count). The summed E-state index contributed by atoms with van der Waals surface area (Å²) in [6.45, 7) is 6.15. The fraction of sp³-hybridized carbons (Fsp3) is 0.261. The number of carbonyl (C=O) groups excluding carboxylic acids is 1. The number of benzene rings is 2. The van der Waals surface area contributed by atoms with Gasteiger partial charge in [0.25, 0.3) is 0 Å². The summed E-state index contributed by atoms with van der Waals surface area (Å²) < 4.78 is 0. The van der Waals surface area contributed by atoms with Crippen LogP contribution in [0.15, 0.2) is 54.7 Å². The average molecular weight is 403 g/mol. The van der Waals surface area contributed by atoms with Crippen LogP contribution in [0.25, 0.3) is 0 Å². The van der Waals surface area contributed by atoms with E-state index in [0.29, 0.717) is 11.5 Å². The minimum absolute atomic E-state index is 0.270. The number of hydrogen-bond donors (Lipinski definition) is 3. The van der Waals surface area contributed by atoms with Crippen LogP contribution in [0.4, 0.5) is 33.4 Å². The molecule has 1 fully saturated rings. The Kier molecular flexibility index (Phi) is 5.79. The number of carbonyl (C=O) groups is 1. The number of anilines is 5. The highest BCUT2D eigenvalue weighted by molar-refractivity contribution is 6.00. The normalized spacial score (nSPS) is 13.2. The SMILES string of the molecule is Cc1cccc(NC(=O)Nc2ccc(Nc3cc(N4CCCC4)cnn3)cc2)c1C. The number of rotatable bonds is 5. The second-order valence-electron chi connectivity index (χ2n) is 7.52. The van der Waals surface area contributed by atoms with Gasteiger partial charge >= 0.3 is 6.03 Å². The number of aryl methyl sites for hydroxylation is 1. The van der Waals surface area contributed by atoms with Crippen molar-refractivity contribution in [2.45, 2.75) is 26.7 Å². The smallest absolute Gasteiger partial charge is 0.323 e. The summed E-state index contributed by atoms with van der Waals surface area (Å²) in [5.41, 5.74) is 5.68. The molecule has 7 heteroatoms. The Morgan fingerprint density at radius 1 is 0.967 bits per heavy atom. The molecule has 3 N–H and O–H groups in total. The van der Waals surface area contributed by atoms with Gasteiger partial charge in [0.05, 0.1) is 11.9 Å². The van der Waals surface area contributed by atoms with Gasteiger partial charge in [-0.2, -0.15) is 5.10 Å². The first-order chi connectivity index (χ1) is 14.6. The third-order valence-corrected chi connectivity index (χ3v) is 5.38. The Bertz CT molecular complexity index is 1030. The lowest BCUT2D eigenvalue weighted by Crippen LogP contribution is -2.20. The van der Waals surface area contributed by atoms with Crippen LogP contribution in [-0.4, -0.2) is 29.3 Å². The van der Waals surface area contributed by atoms with Crippen molar-refractivity contribution < 1.29 is 4.79 Å². The van der Waals surface area contributed by atoms with Crippen LogP contribution in [-0.2, 0) is 0 Å². The van der Waals surface area contributed by atoms with Gasteiger partial charge < -0.3 is 20.9 Å². The molecule has 2 aromatic carbocycles. The van der Waals surface area contributed by atoms with E-state index in [1.54, 1.807) is 6.20 Å². The quantitative estimate of drug-likeness (QED) is 0.554. The van der Waals surface area contributed by atoms with Crippen molar-refractivity contribution in [3.63, 3.8) is 0 Å². The van der Waals surface area contributed by atoms with Crippen LogP contribution in [0.3, 0.4) is 0 Å². The average Bonchev–Trinajstić information content (AvgIpc) is 3.28. The molecule has 1 aromatic heterocycles. The zero-order valence-corrected chi connectivity index (χ0v) is 17.3. The standard InChI is InChI=1S/C23H26N6O/c1-16-6-5-7-21(17(16)2)27-23(30)26-19-10-8-18(9-11-19)25-22-14-20(15-24-28-22)29-12-3-4-13-29/h5-11,14-15H,3-4,12-13H2,1-2H3,(H,25,28)(H2,26,27,30). The summed E-state index contributed by atoms with van der Waals surface area (Å²) >= 11 is 0. The van der Waals surface area contributed by atoms with Crippen LogP contribution in [0, 0.1) is 13.8 Å². The molecule has 0 spiro atoms. The zero-order chi connectivity index (χ0) is 20.9. The highest BCUT2D eigenvalue weighted by Crippen LogP contribution is 2.24. The second-order valence-corrected chi connectivity index (χ2v) is 7.52. The molecular weight excluding hydrogens is 376 g/mol. The Morgan fingerprint density at radius 3 is 2.47 bits per heavy atom. The molecule has 0 saturated carbocycles. The number of nitrogens with zero attached hydrogens (tertiary/aromatic N) is 3. The molecule has 1 aliphatic rings. The van der Waals surface area contributed by atoms with Crippen LogP contribution in [0.1, 0.15) is 24.0 Å². The summed E-state index contributed by atoms with van der Waals surface area (Å²) in [5.74, 6) is 0.702. The topological polar surface area (TPSA) is 82.2 Å². The van der Waals surface area contributed by atoms with Crippen molar-refractivity contribution in [3.8, 4) is 0 Å². The highest BCUT2D eigenvalue weighted by Gasteiger charge is 2.13. The van der Waals surface area contributed by atoms with Crippen molar-refractivity contribution in [1.29, 1.82) is 0 Å². The first-order valence-corrected chi connectivity index (χ1v) is 10.2. The van der Waals surface area contributed by atoms with Crippen LogP contribution < -0.4 is 20.9 Å². The maximum atomic E-state index is 12.3. The van der Waals surface area contributed by atoms with Gasteiger partial charge in [-0.05, 0) is 68.1 Å². The number of aromatic nitrogens is 2. The lowest BCUT2D eigenvalue weighted by Gasteiger charge is -2.17. The molecule has 0 atom stereocenters. The molecule has 7 nitrogen and oxygen atoms in total. The lowest BCUT2D eigenvalue weighted by atomic mass is 10.1. The summed E-state index contributed by atoms with van der Waals surface area (Å²) in [4.78, 5) is 14.6. The largest absolute Gasteiger partial charge is 0.370 e. The van der Waals surface area contributed by atoms with Crippen LogP contribution >= 0.6 is 0 Å². The van der Waals surface area contributed by atoms with Crippen molar-refractivity contribution in [3.05, 3.63) is 65.9 Å². The van der Waals surface area contributed by atoms with E-state index in [1.807, 2.05) is 62.4 Å². The molecule has 0 bridgehead atoms. The van der Waals surface area contributed by atoms with E-state index < -0.39 is 0 Å². The fourth-order valence-corrected chi connectivity index (χ4v) is 3.52. The number of urea groups is 1. The van der Waals surface area contributed by atoms with Gasteiger partial charge in [-0.1, -0.05) is 12.1 Å². The first kappa shape index (κ1) is 19.7. The van der Waals surface area contributed by atoms with Crippen molar-refractivity contribution >= 4 is 34.6 Å². The van der Waals surface area contributed by atoms with Gasteiger partial charge in [0.15, 0.2) is 5.82 Å². The Morgan fingerprint density at radius 2 is 1.70 bits per heavy atom. The fourth-order valence-electron chi connectivity index (χ4n) is 3.52. The predicted octanol–water partition coefficient (Wildman–Crippen LogP) is 5.08. The van der Waals surface area contributed by atoms with Gasteiger partial charge in [0.2, 0.25) is 0 Å². The molecule has 154 valence electrons. The molecule has 30 heavy (non-hydrogen) atoms. The predicted molar refractivity (Wildman–Crippen MR) is 122 cm³/mol. The molecule has 2 amide bonds. The monoisotopic (exact) mass is 402 g/mol.